The van der Waals surface area contributed by atoms with Crippen LogP contribution in [0.3, 0.4) is 0 Å². The Morgan fingerprint density at radius 1 is 1.23 bits per heavy atom. The average Bonchev–Trinajstić information content (AvgIpc) is 2.65. The maximum atomic E-state index is 13.3. The van der Waals surface area contributed by atoms with Crippen LogP contribution in [-0.2, 0) is 17.4 Å². The van der Waals surface area contributed by atoms with Gasteiger partial charge < -0.3 is 9.87 Å². The summed E-state index contributed by atoms with van der Waals surface area (Å²) in [5, 5.41) is 7.57. The smallest absolute Gasteiger partial charge is 0.416 e. The Kier molecular flexibility index (Phi) is 7.93. The van der Waals surface area contributed by atoms with Gasteiger partial charge in [0.05, 0.1) is 16.8 Å². The maximum absolute atomic E-state index is 13.3. The van der Waals surface area contributed by atoms with E-state index in [9.17, 15) is 18.0 Å². The summed E-state index contributed by atoms with van der Waals surface area (Å²) in [6, 6.07) is 10.4. The van der Waals surface area contributed by atoms with Gasteiger partial charge in [0, 0.05) is 23.2 Å². The molecular formula is C20H22F3N4O3S-. The number of fused-ring (bicyclic) bond motifs is 1. The zero-order chi connectivity index (χ0) is 23.3. The monoisotopic (exact) mass is 455 g/mol. The molecule has 0 saturated heterocycles. The van der Waals surface area contributed by atoms with Crippen molar-refractivity contribution in [1.29, 1.82) is 0 Å². The summed E-state index contributed by atoms with van der Waals surface area (Å²) in [5.74, 6) is 0.581. The zero-order valence-corrected chi connectivity index (χ0v) is 17.9. The van der Waals surface area contributed by atoms with E-state index in [1.165, 1.54) is 10.6 Å². The average molecular weight is 455 g/mol. The van der Waals surface area contributed by atoms with Crippen molar-refractivity contribution >= 4 is 28.0 Å². The number of rotatable bonds is 4. The Morgan fingerprint density at radius 3 is 2.39 bits per heavy atom. The van der Waals surface area contributed by atoms with E-state index in [1.54, 1.807) is 31.2 Å². The van der Waals surface area contributed by atoms with Crippen molar-refractivity contribution in [2.45, 2.75) is 26.9 Å². The fourth-order valence-corrected chi connectivity index (χ4v) is 2.88. The second kappa shape index (κ2) is 10.0. The molecule has 3 rings (SSSR count). The number of aryl methyl sites for hydroxylation is 1. The van der Waals surface area contributed by atoms with Crippen LogP contribution in [0.4, 0.5) is 19.0 Å². The first-order valence-corrected chi connectivity index (χ1v) is 10.3. The van der Waals surface area contributed by atoms with Crippen molar-refractivity contribution in [1.82, 2.24) is 9.55 Å². The van der Waals surface area contributed by atoms with Crippen LogP contribution in [0.1, 0.15) is 25.0 Å². The van der Waals surface area contributed by atoms with E-state index in [0.717, 1.165) is 17.7 Å². The zero-order valence-electron chi connectivity index (χ0n) is 17.1. The lowest BCUT2D eigenvalue weighted by Crippen LogP contribution is -2.25. The van der Waals surface area contributed by atoms with Gasteiger partial charge in [0.2, 0.25) is 0 Å². The molecule has 168 valence electrons. The van der Waals surface area contributed by atoms with Crippen molar-refractivity contribution in [3.63, 3.8) is 0 Å². The molecule has 1 aromatic heterocycles. The molecular weight excluding hydrogens is 433 g/mol. The van der Waals surface area contributed by atoms with Crippen LogP contribution in [0.5, 0.6) is 0 Å². The summed E-state index contributed by atoms with van der Waals surface area (Å²) < 4.78 is 58.6. The van der Waals surface area contributed by atoms with E-state index >= 15 is 0 Å². The molecule has 11 heteroatoms. The molecule has 0 saturated carbocycles. The molecule has 0 spiro atoms. The molecule has 0 aliphatic heterocycles. The van der Waals surface area contributed by atoms with Crippen LogP contribution >= 0.6 is 0 Å². The minimum atomic E-state index is -4.50. The van der Waals surface area contributed by atoms with Gasteiger partial charge in [0.15, 0.2) is 0 Å². The van der Waals surface area contributed by atoms with Crippen molar-refractivity contribution in [3.8, 4) is 5.69 Å². The molecule has 31 heavy (non-hydrogen) atoms. The number of halogens is 3. The van der Waals surface area contributed by atoms with Crippen LogP contribution in [0, 0.1) is 12.8 Å². The number of aromatic nitrogens is 2. The van der Waals surface area contributed by atoms with E-state index < -0.39 is 28.7 Å². The largest absolute Gasteiger partial charge is 0.760 e. The fraction of sp³-hybridized carbons (Fsp3) is 0.300. The molecule has 1 heterocycles. The molecule has 1 unspecified atom stereocenters. The summed E-state index contributed by atoms with van der Waals surface area (Å²) in [7, 11) is 0. The van der Waals surface area contributed by atoms with Gasteiger partial charge in [-0.3, -0.25) is 13.9 Å². The number of alkyl halides is 3. The molecule has 7 nitrogen and oxygen atoms in total. The lowest BCUT2D eigenvalue weighted by Gasteiger charge is -2.17. The third-order valence-electron chi connectivity index (χ3n) is 4.25. The minimum absolute atomic E-state index is 0.172. The molecule has 0 aliphatic rings. The predicted octanol–water partition coefficient (Wildman–Crippen LogP) is 3.52. The van der Waals surface area contributed by atoms with E-state index in [2.05, 4.69) is 15.4 Å². The van der Waals surface area contributed by atoms with E-state index in [0.29, 0.717) is 23.4 Å². The second-order valence-corrected chi connectivity index (χ2v) is 7.65. The number of para-hydroxylation sites is 1. The Labute approximate surface area is 179 Å². The van der Waals surface area contributed by atoms with Crippen molar-refractivity contribution in [2.24, 2.45) is 11.1 Å². The van der Waals surface area contributed by atoms with Crippen molar-refractivity contribution in [3.05, 3.63) is 64.1 Å². The van der Waals surface area contributed by atoms with Crippen molar-refractivity contribution in [2.75, 3.05) is 11.9 Å². The Bertz CT molecular complexity index is 1140. The summed E-state index contributed by atoms with van der Waals surface area (Å²) >= 11 is -2.36. The third-order valence-corrected chi connectivity index (χ3v) is 4.25. The first-order valence-electron chi connectivity index (χ1n) is 9.19. The molecule has 3 N–H and O–H groups in total. The van der Waals surface area contributed by atoms with E-state index in [1.807, 2.05) is 13.8 Å². The van der Waals surface area contributed by atoms with E-state index in [-0.39, 0.29) is 11.4 Å². The number of hydrogen-bond donors (Lipinski definition) is 2. The Morgan fingerprint density at radius 2 is 1.84 bits per heavy atom. The number of benzene rings is 2. The molecule has 2 aromatic carbocycles. The van der Waals surface area contributed by atoms with Crippen LogP contribution in [0.2, 0.25) is 0 Å². The second-order valence-electron chi connectivity index (χ2n) is 7.13. The fourth-order valence-electron chi connectivity index (χ4n) is 2.88. The first kappa shape index (κ1) is 24.5. The Balaban J connectivity index is 0.000000785. The number of nitrogens with zero attached hydrogens (tertiary/aromatic N) is 2. The quantitative estimate of drug-likeness (QED) is 0.585. The molecule has 0 radical (unpaired) electrons. The highest BCUT2D eigenvalue weighted by Crippen LogP contribution is 2.33. The van der Waals surface area contributed by atoms with E-state index in [4.69, 9.17) is 8.76 Å². The number of anilines is 1. The molecule has 0 aliphatic carbocycles. The lowest BCUT2D eigenvalue weighted by atomic mass is 10.1. The maximum Gasteiger partial charge on any atom is 0.416 e. The normalized spacial score (nSPS) is 12.4. The number of nitrogens with one attached hydrogen (secondary N) is 1. The van der Waals surface area contributed by atoms with Gasteiger partial charge in [-0.25, -0.2) is 4.79 Å². The van der Waals surface area contributed by atoms with Crippen LogP contribution in [0.25, 0.3) is 16.6 Å². The number of hydrogen-bond acceptors (Lipinski definition) is 5. The summed E-state index contributed by atoms with van der Waals surface area (Å²) in [5.41, 5.74) is 0.0169. The molecule has 1 atom stereocenters. The minimum Gasteiger partial charge on any atom is -0.760 e. The van der Waals surface area contributed by atoms with Crippen LogP contribution in [-0.4, -0.2) is 24.9 Å². The number of nitrogens with two attached hydrogens (primary N) is 1. The van der Waals surface area contributed by atoms with Crippen LogP contribution in [0.15, 0.2) is 47.3 Å². The summed E-state index contributed by atoms with van der Waals surface area (Å²) in [6.07, 6.45) is -4.50. The van der Waals surface area contributed by atoms with Gasteiger partial charge in [-0.2, -0.15) is 18.2 Å². The van der Waals surface area contributed by atoms with Gasteiger partial charge in [-0.05, 0) is 42.7 Å². The van der Waals surface area contributed by atoms with Gasteiger partial charge in [-0.1, -0.05) is 32.0 Å². The third kappa shape index (κ3) is 6.36. The van der Waals surface area contributed by atoms with Gasteiger partial charge >= 0.3 is 11.9 Å². The summed E-state index contributed by atoms with van der Waals surface area (Å²) in [4.78, 5) is 16.8. The van der Waals surface area contributed by atoms with Crippen LogP contribution < -0.4 is 16.1 Å². The highest BCUT2D eigenvalue weighted by molar-refractivity contribution is 7.76. The molecule has 0 bridgehead atoms. The topological polar surface area (TPSA) is 113 Å². The van der Waals surface area contributed by atoms with Gasteiger partial charge in [-0.15, -0.1) is 0 Å². The lowest BCUT2D eigenvalue weighted by molar-refractivity contribution is -0.137. The SMILES string of the molecule is Cc1ccccc1-n1c(=O)nc(NCC(C)C)c2ccc(C(F)(F)F)cc21.NS(=O)[O-]. The highest BCUT2D eigenvalue weighted by atomic mass is 32.2. The highest BCUT2D eigenvalue weighted by Gasteiger charge is 2.31. The molecule has 0 amide bonds. The molecule has 3 aromatic rings. The predicted molar refractivity (Wildman–Crippen MR) is 114 cm³/mol. The Hall–Kier alpha value is -2.76. The summed E-state index contributed by atoms with van der Waals surface area (Å²) in [6.45, 7) is 6.33. The van der Waals surface area contributed by atoms with Gasteiger partial charge in [0.1, 0.15) is 5.82 Å². The van der Waals surface area contributed by atoms with Gasteiger partial charge in [0.25, 0.3) is 0 Å². The van der Waals surface area contributed by atoms with Crippen molar-refractivity contribution < 1.29 is 21.9 Å². The standard InChI is InChI=1S/C20H20F3N3O.H3NO2S/c1-12(2)11-24-18-15-9-8-14(20(21,22)23)10-17(15)26(19(27)25-18)16-7-5-4-6-13(16)3;1-4(2)3/h4-10,12H,11H2,1-3H3,(H,24,25,27);1H2,(H,2,3)/p-1. The first-order chi connectivity index (χ1) is 14.4. The molecule has 0 fully saturated rings.